The summed E-state index contributed by atoms with van der Waals surface area (Å²) in [6.07, 6.45) is 0.278. The Morgan fingerprint density at radius 3 is 2.29 bits per heavy atom. The van der Waals surface area contributed by atoms with E-state index in [1.165, 1.54) is 0 Å². The van der Waals surface area contributed by atoms with E-state index in [1.807, 2.05) is 0 Å². The SMILES string of the molecule is O=C([O-])C=NO.[K+]. The van der Waals surface area contributed by atoms with Crippen molar-refractivity contribution >= 4 is 12.2 Å². The third-order valence-corrected chi connectivity index (χ3v) is 0.163. The minimum absolute atomic E-state index is 0. The first kappa shape index (κ1) is 10.5. The van der Waals surface area contributed by atoms with Crippen LogP contribution in [0, 0.1) is 0 Å². The zero-order valence-corrected chi connectivity index (χ0v) is 6.91. The van der Waals surface area contributed by atoms with Gasteiger partial charge in [0.15, 0.2) is 0 Å². The summed E-state index contributed by atoms with van der Waals surface area (Å²) in [5.41, 5.74) is 0. The normalized spacial score (nSPS) is 8.00. The molecular weight excluding hydrogens is 125 g/mol. The van der Waals surface area contributed by atoms with Gasteiger partial charge in [0.05, 0.1) is 12.2 Å². The molecule has 0 aliphatic heterocycles. The molecule has 0 saturated carbocycles. The fourth-order valence-electron chi connectivity index (χ4n) is 0.0471. The minimum atomic E-state index is -1.50. The van der Waals surface area contributed by atoms with Crippen LogP contribution < -0.4 is 56.5 Å². The number of carboxylic acids is 1. The van der Waals surface area contributed by atoms with Crippen LogP contribution in [0.5, 0.6) is 0 Å². The van der Waals surface area contributed by atoms with E-state index in [2.05, 4.69) is 5.16 Å². The van der Waals surface area contributed by atoms with Crippen LogP contribution in [0.2, 0.25) is 0 Å². The van der Waals surface area contributed by atoms with Crippen molar-refractivity contribution in [2.24, 2.45) is 5.16 Å². The molecule has 0 aliphatic carbocycles. The van der Waals surface area contributed by atoms with Gasteiger partial charge >= 0.3 is 51.4 Å². The largest absolute Gasteiger partial charge is 1.00 e. The fraction of sp³-hybridized carbons (Fsp3) is 0. The van der Waals surface area contributed by atoms with Gasteiger partial charge in [-0.05, 0) is 0 Å². The van der Waals surface area contributed by atoms with Crippen LogP contribution in [-0.2, 0) is 4.79 Å². The number of carbonyl (C=O) groups excluding carboxylic acids is 1. The van der Waals surface area contributed by atoms with Gasteiger partial charge in [-0.25, -0.2) is 0 Å². The van der Waals surface area contributed by atoms with Crippen molar-refractivity contribution in [3.8, 4) is 0 Å². The maximum Gasteiger partial charge on any atom is 1.00 e. The summed E-state index contributed by atoms with van der Waals surface area (Å²) in [6, 6.07) is 0. The third kappa shape index (κ3) is 10.8. The van der Waals surface area contributed by atoms with Crippen LogP contribution in [0.25, 0.3) is 0 Å². The van der Waals surface area contributed by atoms with Crippen LogP contribution in [-0.4, -0.2) is 17.4 Å². The van der Waals surface area contributed by atoms with E-state index < -0.39 is 5.97 Å². The summed E-state index contributed by atoms with van der Waals surface area (Å²) < 4.78 is 0. The second-order valence-corrected chi connectivity index (χ2v) is 0.564. The van der Waals surface area contributed by atoms with Crippen molar-refractivity contribution in [1.82, 2.24) is 0 Å². The molecule has 0 saturated heterocycles. The smallest absolute Gasteiger partial charge is 0.544 e. The Balaban J connectivity index is 0. The molecule has 1 N–H and O–H groups in total. The Hall–Kier alpha value is 0.576. The summed E-state index contributed by atoms with van der Waals surface area (Å²) in [4.78, 5) is 9.18. The number of oxime groups is 1. The standard InChI is InChI=1S/C2H3NO3.K/c4-2(5)1-3-6;/h1,6H,(H,4,5);/q;+1/p-1. The molecule has 0 amide bonds. The molecule has 0 atom stereocenters. The molecule has 5 heteroatoms. The predicted octanol–water partition coefficient (Wildman–Crippen LogP) is -4.80. The maximum absolute atomic E-state index is 9.18. The van der Waals surface area contributed by atoms with E-state index in [0.717, 1.165) is 0 Å². The predicted molar refractivity (Wildman–Crippen MR) is 15.3 cm³/mol. The minimum Gasteiger partial charge on any atom is -0.544 e. The second-order valence-electron chi connectivity index (χ2n) is 0.564. The van der Waals surface area contributed by atoms with E-state index in [1.54, 1.807) is 0 Å². The topological polar surface area (TPSA) is 72.7 Å². The van der Waals surface area contributed by atoms with Gasteiger partial charge < -0.3 is 15.1 Å². The van der Waals surface area contributed by atoms with E-state index in [9.17, 15) is 9.90 Å². The molecule has 0 aromatic rings. The Labute approximate surface area is 82.6 Å². The molecule has 0 rings (SSSR count). The molecule has 4 nitrogen and oxygen atoms in total. The summed E-state index contributed by atoms with van der Waals surface area (Å²) in [5, 5.41) is 18.7. The van der Waals surface area contributed by atoms with Crippen molar-refractivity contribution in [3.63, 3.8) is 0 Å². The number of carbonyl (C=O) groups is 1. The van der Waals surface area contributed by atoms with E-state index in [4.69, 9.17) is 5.21 Å². The van der Waals surface area contributed by atoms with Gasteiger partial charge in [-0.2, -0.15) is 0 Å². The number of nitrogens with zero attached hydrogens (tertiary/aromatic N) is 1. The Bertz CT molecular complexity index is 81.0. The molecule has 0 fully saturated rings. The number of hydrogen-bond donors (Lipinski definition) is 1. The molecule has 0 radical (unpaired) electrons. The first-order chi connectivity index (χ1) is 2.77. The monoisotopic (exact) mass is 127 g/mol. The molecule has 0 aliphatic rings. The molecular formula is C2H2KNO3. The summed E-state index contributed by atoms with van der Waals surface area (Å²) in [5.74, 6) is -1.50. The first-order valence-corrected chi connectivity index (χ1v) is 1.16. The zero-order valence-electron chi connectivity index (χ0n) is 3.79. The first-order valence-electron chi connectivity index (χ1n) is 1.16. The van der Waals surface area contributed by atoms with Crippen molar-refractivity contribution in [3.05, 3.63) is 0 Å². The van der Waals surface area contributed by atoms with Crippen LogP contribution in [0.4, 0.5) is 0 Å². The quantitative estimate of drug-likeness (QED) is 0.166. The van der Waals surface area contributed by atoms with Crippen molar-refractivity contribution < 1.29 is 66.5 Å². The van der Waals surface area contributed by atoms with Crippen molar-refractivity contribution in [2.45, 2.75) is 0 Å². The second kappa shape index (κ2) is 6.58. The van der Waals surface area contributed by atoms with Gasteiger partial charge in [0.25, 0.3) is 0 Å². The molecule has 7 heavy (non-hydrogen) atoms. The number of carboxylic acid groups (broad SMARTS) is 1. The van der Waals surface area contributed by atoms with Crippen LogP contribution in [0.15, 0.2) is 5.16 Å². The number of hydrogen-bond acceptors (Lipinski definition) is 4. The average molecular weight is 127 g/mol. The third-order valence-electron chi connectivity index (χ3n) is 0.163. The van der Waals surface area contributed by atoms with E-state index >= 15 is 0 Å². The van der Waals surface area contributed by atoms with Gasteiger partial charge in [-0.1, -0.05) is 5.16 Å². The summed E-state index contributed by atoms with van der Waals surface area (Å²) in [7, 11) is 0. The average Bonchev–Trinajstić information content (AvgIpc) is 1.35. The molecule has 34 valence electrons. The fourth-order valence-corrected chi connectivity index (χ4v) is 0.0471. The van der Waals surface area contributed by atoms with E-state index in [-0.39, 0.29) is 57.6 Å². The molecule has 0 unspecified atom stereocenters. The Morgan fingerprint density at radius 1 is 1.86 bits per heavy atom. The van der Waals surface area contributed by atoms with Crippen LogP contribution in [0.3, 0.4) is 0 Å². The number of rotatable bonds is 1. The molecule has 0 aromatic carbocycles. The van der Waals surface area contributed by atoms with Crippen LogP contribution in [0.1, 0.15) is 0 Å². The van der Waals surface area contributed by atoms with Gasteiger partial charge in [-0.3, -0.25) is 0 Å². The van der Waals surface area contributed by atoms with Gasteiger partial charge in [-0.15, -0.1) is 0 Å². The molecule has 0 spiro atoms. The maximum atomic E-state index is 9.18. The van der Waals surface area contributed by atoms with Gasteiger partial charge in [0.1, 0.15) is 0 Å². The van der Waals surface area contributed by atoms with Crippen molar-refractivity contribution in [2.75, 3.05) is 0 Å². The summed E-state index contributed by atoms with van der Waals surface area (Å²) >= 11 is 0. The zero-order chi connectivity index (χ0) is 4.99. The molecule has 0 heterocycles. The van der Waals surface area contributed by atoms with Gasteiger partial charge in [0.2, 0.25) is 0 Å². The Kier molecular flexibility index (Phi) is 9.90. The van der Waals surface area contributed by atoms with Crippen molar-refractivity contribution in [1.29, 1.82) is 0 Å². The Morgan fingerprint density at radius 2 is 2.29 bits per heavy atom. The van der Waals surface area contributed by atoms with E-state index in [0.29, 0.717) is 0 Å². The summed E-state index contributed by atoms with van der Waals surface area (Å²) in [6.45, 7) is 0. The molecule has 0 aromatic heterocycles. The number of aliphatic carboxylic acids is 1. The molecule has 0 bridgehead atoms. The van der Waals surface area contributed by atoms with Crippen LogP contribution >= 0.6 is 0 Å². The van der Waals surface area contributed by atoms with Gasteiger partial charge in [0, 0.05) is 0 Å².